The number of fused-ring (bicyclic) bond motifs is 5. The minimum Gasteiger partial charge on any atom is -0.454 e. The van der Waals surface area contributed by atoms with Crippen molar-refractivity contribution in [3.05, 3.63) is 222 Å². The van der Waals surface area contributed by atoms with Crippen LogP contribution in [0.15, 0.2) is 188 Å². The maximum atomic E-state index is 15.0. The van der Waals surface area contributed by atoms with Crippen molar-refractivity contribution in [2.75, 3.05) is 21.3 Å². The fourth-order valence-corrected chi connectivity index (χ4v) is 9.58. The summed E-state index contributed by atoms with van der Waals surface area (Å²) in [6, 6.07) is 51.2. The van der Waals surface area contributed by atoms with Gasteiger partial charge in [-0.15, -0.1) is 5.10 Å². The lowest BCUT2D eigenvalue weighted by atomic mass is 9.82. The third kappa shape index (κ3) is 7.67. The third-order valence-corrected chi connectivity index (χ3v) is 13.2. The van der Waals surface area contributed by atoms with Crippen molar-refractivity contribution in [1.82, 2.24) is 15.0 Å². The molecule has 3 amide bonds. The summed E-state index contributed by atoms with van der Waals surface area (Å²) in [6.45, 7) is 2.25. The molecule has 0 radical (unpaired) electrons. The van der Waals surface area contributed by atoms with Crippen molar-refractivity contribution in [1.29, 1.82) is 0 Å². The second kappa shape index (κ2) is 18.1. The van der Waals surface area contributed by atoms with E-state index in [1.54, 1.807) is 93.0 Å². The molecule has 8 aromatic rings. The predicted molar refractivity (Wildman–Crippen MR) is 265 cm³/mol. The monoisotopic (exact) mass is 926 g/mol. The number of hydrogen-bond donors (Lipinski definition) is 2. The van der Waals surface area contributed by atoms with Crippen LogP contribution < -0.4 is 24.2 Å². The van der Waals surface area contributed by atoms with Gasteiger partial charge >= 0.3 is 0 Å². The molecular formula is C57H46N6O7. The van der Waals surface area contributed by atoms with Crippen molar-refractivity contribution in [2.45, 2.75) is 38.0 Å². The molecule has 1 unspecified atom stereocenters. The van der Waals surface area contributed by atoms with Crippen LogP contribution in [-0.4, -0.2) is 49.5 Å². The fourth-order valence-electron chi connectivity index (χ4n) is 9.58. The number of carbonyl (C=O) groups excluding carboxylic acids is 3. The average Bonchev–Trinajstić information content (AvgIpc) is 3.86. The molecule has 346 valence electrons. The molecule has 1 aromatic heterocycles. The van der Waals surface area contributed by atoms with Crippen LogP contribution in [0.4, 0.5) is 28.4 Å². The number of aryl methyl sites for hydroxylation is 1. The molecule has 11 rings (SSSR count). The molecule has 0 saturated carbocycles. The van der Waals surface area contributed by atoms with Crippen molar-refractivity contribution in [3.8, 4) is 23.0 Å². The second-order valence-corrected chi connectivity index (χ2v) is 17.5. The number of anilines is 5. The van der Waals surface area contributed by atoms with E-state index in [2.05, 4.69) is 10.3 Å². The summed E-state index contributed by atoms with van der Waals surface area (Å²) in [4.78, 5) is 48.5. The van der Waals surface area contributed by atoms with Gasteiger partial charge in [-0.1, -0.05) is 115 Å². The van der Waals surface area contributed by atoms with Gasteiger partial charge in [0.05, 0.1) is 53.0 Å². The van der Waals surface area contributed by atoms with E-state index in [0.717, 1.165) is 11.1 Å². The number of para-hydroxylation sites is 6. The standard InChI is InChI=1S/C57H46N6O7/c1-37(15-13-14-32-60-35-46(58-59-60)44(36-64)39-16-3-2-4-17-39)57(68)45-33-41(63-49-21-8-12-25-53(49)70-51-23-10-6-19-43(51)55(63)66)30-31-47(45)61(56(57)67)34-38-26-28-40(29-27-38)62-48-20-7-11-24-52(48)69-50-22-9-5-18-42(50)54(62)65/h2-13,15-31,33,35,37,44,64,68H,14,32,34,36H2,1H3/b15-13+/t37-,44?,57+/m1/s1. The average molecular weight is 927 g/mol. The first-order valence-corrected chi connectivity index (χ1v) is 23.1. The van der Waals surface area contributed by atoms with Crippen molar-refractivity contribution in [3.63, 3.8) is 0 Å². The Balaban J connectivity index is 0.915. The van der Waals surface area contributed by atoms with Gasteiger partial charge in [-0.25, -0.2) is 0 Å². The minimum absolute atomic E-state index is 0.0970. The zero-order valence-corrected chi connectivity index (χ0v) is 38.0. The first-order valence-electron chi connectivity index (χ1n) is 23.1. The molecule has 0 bridgehead atoms. The van der Waals surface area contributed by atoms with Crippen LogP contribution >= 0.6 is 0 Å². The van der Waals surface area contributed by atoms with Crippen LogP contribution in [0.3, 0.4) is 0 Å². The Morgan fingerprint density at radius 3 is 1.83 bits per heavy atom. The number of ether oxygens (including phenoxy) is 2. The zero-order chi connectivity index (χ0) is 47.9. The van der Waals surface area contributed by atoms with Crippen molar-refractivity contribution in [2.24, 2.45) is 5.92 Å². The summed E-state index contributed by atoms with van der Waals surface area (Å²) in [5, 5.41) is 31.9. The molecule has 13 nitrogen and oxygen atoms in total. The predicted octanol–water partition coefficient (Wildman–Crippen LogP) is 10.6. The van der Waals surface area contributed by atoms with Gasteiger partial charge in [0.15, 0.2) is 17.1 Å². The quantitative estimate of drug-likeness (QED) is 0.114. The Hall–Kier alpha value is -8.65. The topological polar surface area (TPSA) is 151 Å². The SMILES string of the molecule is C[C@H](/C=C/CCn1cc(C(CO)c2ccccc2)nn1)[C@@]1(O)C(=O)N(Cc2ccc(N3C(=O)c4ccccc4Oc4ccccc43)cc2)c2ccc(N3C(=O)c4ccccc4Oc4ccccc43)cc21. The van der Waals surface area contributed by atoms with E-state index in [4.69, 9.17) is 9.47 Å². The van der Waals surface area contributed by atoms with E-state index >= 15 is 4.79 Å². The van der Waals surface area contributed by atoms with Gasteiger partial charge in [-0.3, -0.25) is 28.9 Å². The Bertz CT molecular complexity index is 3340. The molecule has 4 heterocycles. The summed E-state index contributed by atoms with van der Waals surface area (Å²) >= 11 is 0. The van der Waals surface area contributed by atoms with Crippen LogP contribution in [0.25, 0.3) is 0 Å². The van der Waals surface area contributed by atoms with Crippen LogP contribution in [0.2, 0.25) is 0 Å². The molecule has 3 aliphatic rings. The number of allylic oxidation sites excluding steroid dienone is 1. The Morgan fingerprint density at radius 1 is 0.643 bits per heavy atom. The number of carbonyl (C=O) groups is 3. The molecule has 0 saturated heterocycles. The number of benzene rings is 7. The highest BCUT2D eigenvalue weighted by Gasteiger charge is 2.53. The molecule has 70 heavy (non-hydrogen) atoms. The number of rotatable bonds is 12. The number of nitrogens with zero attached hydrogens (tertiary/aromatic N) is 6. The highest BCUT2D eigenvalue weighted by atomic mass is 16.5. The van der Waals surface area contributed by atoms with Crippen LogP contribution in [-0.2, 0) is 23.5 Å². The molecule has 0 fully saturated rings. The van der Waals surface area contributed by atoms with E-state index in [9.17, 15) is 19.8 Å². The summed E-state index contributed by atoms with van der Waals surface area (Å²) in [5.41, 5.74) is 4.06. The first-order chi connectivity index (χ1) is 34.2. The summed E-state index contributed by atoms with van der Waals surface area (Å²) in [5.74, 6) is -0.256. The van der Waals surface area contributed by atoms with Gasteiger partial charge in [0.1, 0.15) is 11.5 Å². The van der Waals surface area contributed by atoms with E-state index < -0.39 is 17.4 Å². The van der Waals surface area contributed by atoms with Crippen LogP contribution in [0.5, 0.6) is 23.0 Å². The lowest BCUT2D eigenvalue weighted by Crippen LogP contribution is -2.44. The molecule has 7 aromatic carbocycles. The molecule has 13 heteroatoms. The first kappa shape index (κ1) is 43.9. The summed E-state index contributed by atoms with van der Waals surface area (Å²) < 4.78 is 14.2. The lowest BCUT2D eigenvalue weighted by Gasteiger charge is -2.28. The number of amides is 3. The fraction of sp³-hybridized carbons (Fsp3) is 0.140. The Labute approximate surface area is 403 Å². The highest BCUT2D eigenvalue weighted by molar-refractivity contribution is 6.16. The summed E-state index contributed by atoms with van der Waals surface area (Å²) in [6.07, 6.45) is 6.08. The molecule has 3 aliphatic heterocycles. The van der Waals surface area contributed by atoms with Gasteiger partial charge < -0.3 is 24.6 Å². The molecule has 2 N–H and O–H groups in total. The number of hydrogen-bond acceptors (Lipinski definition) is 9. The Kier molecular flexibility index (Phi) is 11.4. The van der Waals surface area contributed by atoms with Gasteiger partial charge in [-0.2, -0.15) is 0 Å². The largest absolute Gasteiger partial charge is 0.454 e. The smallest absolute Gasteiger partial charge is 0.266 e. The van der Waals surface area contributed by atoms with Crippen molar-refractivity contribution >= 4 is 46.2 Å². The Morgan fingerprint density at radius 2 is 1.20 bits per heavy atom. The number of aromatic nitrogens is 3. The van der Waals surface area contributed by atoms with Crippen molar-refractivity contribution < 1.29 is 34.1 Å². The zero-order valence-electron chi connectivity index (χ0n) is 38.0. The molecule has 0 aliphatic carbocycles. The number of aliphatic hydroxyl groups excluding tert-OH is 1. The molecule has 0 spiro atoms. The minimum atomic E-state index is -2.05. The third-order valence-electron chi connectivity index (χ3n) is 13.2. The number of aliphatic hydroxyl groups is 2. The molecular weight excluding hydrogens is 881 g/mol. The van der Waals surface area contributed by atoms with E-state index in [-0.39, 0.29) is 30.9 Å². The van der Waals surface area contributed by atoms with Crippen LogP contribution in [0, 0.1) is 5.92 Å². The van der Waals surface area contributed by atoms with Gasteiger partial charge in [0.25, 0.3) is 17.7 Å². The van der Waals surface area contributed by atoms with Gasteiger partial charge in [0.2, 0.25) is 0 Å². The molecule has 3 atom stereocenters. The highest BCUT2D eigenvalue weighted by Crippen LogP contribution is 2.50. The maximum Gasteiger partial charge on any atom is 0.266 e. The van der Waals surface area contributed by atoms with Crippen LogP contribution in [0.1, 0.15) is 62.4 Å². The van der Waals surface area contributed by atoms with E-state index in [0.29, 0.717) is 86.8 Å². The van der Waals surface area contributed by atoms with Gasteiger partial charge in [-0.05, 0) is 96.4 Å². The summed E-state index contributed by atoms with van der Waals surface area (Å²) in [7, 11) is 0. The second-order valence-electron chi connectivity index (χ2n) is 17.5. The normalized spacial score (nSPS) is 16.8. The lowest BCUT2D eigenvalue weighted by molar-refractivity contribution is -0.139. The van der Waals surface area contributed by atoms with E-state index in [1.165, 1.54) is 0 Å². The van der Waals surface area contributed by atoms with Gasteiger partial charge in [0, 0.05) is 35.6 Å². The maximum absolute atomic E-state index is 15.0. The van der Waals surface area contributed by atoms with E-state index in [1.807, 2.05) is 121 Å².